The standard InChI is InChI=1S/C7H12BF6N3/c1-16(2)8(17(3)4)15-5(6(9,10)11)7(12,13)14/h1-4H3. The lowest BCUT2D eigenvalue weighted by Crippen LogP contribution is -2.48. The lowest BCUT2D eigenvalue weighted by molar-refractivity contribution is -0.117. The fourth-order valence-electron chi connectivity index (χ4n) is 1.12. The summed E-state index contributed by atoms with van der Waals surface area (Å²) in [6, 6.07) is 0. The average molecular weight is 263 g/mol. The first-order valence-electron chi connectivity index (χ1n) is 4.42. The van der Waals surface area contributed by atoms with Crippen molar-refractivity contribution >= 4 is 12.8 Å². The second-order valence-electron chi connectivity index (χ2n) is 3.75. The molecule has 0 heterocycles. The summed E-state index contributed by atoms with van der Waals surface area (Å²) in [5.74, 6) is 0. The molecule has 0 N–H and O–H groups in total. The van der Waals surface area contributed by atoms with E-state index in [0.29, 0.717) is 0 Å². The monoisotopic (exact) mass is 263 g/mol. The van der Waals surface area contributed by atoms with Gasteiger partial charge in [-0.2, -0.15) is 26.3 Å². The van der Waals surface area contributed by atoms with Crippen molar-refractivity contribution < 1.29 is 26.3 Å². The second-order valence-corrected chi connectivity index (χ2v) is 3.75. The van der Waals surface area contributed by atoms with Crippen molar-refractivity contribution in [3.05, 3.63) is 0 Å². The summed E-state index contributed by atoms with van der Waals surface area (Å²) in [5, 5.41) is 0. The van der Waals surface area contributed by atoms with Gasteiger partial charge in [0.15, 0.2) is 0 Å². The SMILES string of the molecule is CN(C)B(N=C(C(F)(F)F)C(F)(F)F)N(C)C. The van der Waals surface area contributed by atoms with Crippen LogP contribution in [0.3, 0.4) is 0 Å². The maximum Gasteiger partial charge on any atom is 0.455 e. The summed E-state index contributed by atoms with van der Waals surface area (Å²) in [7, 11) is 3.99. The van der Waals surface area contributed by atoms with Gasteiger partial charge >= 0.3 is 19.5 Å². The zero-order valence-corrected chi connectivity index (χ0v) is 9.69. The molecule has 0 atom stereocenters. The molecule has 10 heteroatoms. The summed E-state index contributed by atoms with van der Waals surface area (Å²) in [6.07, 6.45) is -11.1. The Labute approximate surface area is 95.2 Å². The molecule has 0 aliphatic rings. The van der Waals surface area contributed by atoms with Crippen molar-refractivity contribution in [1.82, 2.24) is 9.62 Å². The van der Waals surface area contributed by atoms with Crippen molar-refractivity contribution in [2.24, 2.45) is 4.90 Å². The van der Waals surface area contributed by atoms with Gasteiger partial charge in [-0.3, -0.25) is 4.90 Å². The van der Waals surface area contributed by atoms with E-state index in [1.165, 1.54) is 28.2 Å². The molecular formula is C7H12BF6N3. The van der Waals surface area contributed by atoms with E-state index in [1.807, 2.05) is 0 Å². The van der Waals surface area contributed by atoms with Crippen molar-refractivity contribution in [3.63, 3.8) is 0 Å². The molecule has 0 fully saturated rings. The Morgan fingerprint density at radius 2 is 1.12 bits per heavy atom. The molecule has 0 bridgehead atoms. The van der Waals surface area contributed by atoms with Gasteiger partial charge < -0.3 is 9.62 Å². The first-order valence-corrected chi connectivity index (χ1v) is 4.42. The second kappa shape index (κ2) is 5.26. The van der Waals surface area contributed by atoms with Crippen LogP contribution in [0.5, 0.6) is 0 Å². The first kappa shape index (κ1) is 16.2. The van der Waals surface area contributed by atoms with Crippen LogP contribution < -0.4 is 0 Å². The van der Waals surface area contributed by atoms with Gasteiger partial charge in [-0.15, -0.1) is 0 Å². The Morgan fingerprint density at radius 1 is 0.824 bits per heavy atom. The van der Waals surface area contributed by atoms with Gasteiger partial charge in [0.05, 0.1) is 0 Å². The van der Waals surface area contributed by atoms with Crippen molar-refractivity contribution in [1.29, 1.82) is 0 Å². The quantitative estimate of drug-likeness (QED) is 0.438. The molecule has 3 nitrogen and oxygen atoms in total. The molecule has 0 radical (unpaired) electrons. The highest BCUT2D eigenvalue weighted by Gasteiger charge is 2.53. The normalized spacial score (nSPS) is 13.2. The van der Waals surface area contributed by atoms with E-state index >= 15 is 0 Å². The third-order valence-corrected chi connectivity index (χ3v) is 1.71. The maximum atomic E-state index is 12.2. The summed E-state index contributed by atoms with van der Waals surface area (Å²) in [4.78, 5) is 5.01. The van der Waals surface area contributed by atoms with E-state index in [2.05, 4.69) is 4.90 Å². The van der Waals surface area contributed by atoms with E-state index in [0.717, 1.165) is 9.62 Å². The van der Waals surface area contributed by atoms with E-state index in [4.69, 9.17) is 0 Å². The molecule has 0 spiro atoms. The summed E-state index contributed by atoms with van der Waals surface area (Å²) in [5.41, 5.74) is -2.74. The van der Waals surface area contributed by atoms with Crippen LogP contribution in [0.15, 0.2) is 4.90 Å². The summed E-state index contributed by atoms with van der Waals surface area (Å²) < 4.78 is 73.3. The van der Waals surface area contributed by atoms with Crippen LogP contribution >= 0.6 is 0 Å². The number of rotatable bonds is 3. The molecular weight excluding hydrogens is 251 g/mol. The van der Waals surface area contributed by atoms with Gasteiger partial charge in [0, 0.05) is 0 Å². The highest BCUT2D eigenvalue weighted by molar-refractivity contribution is 6.52. The maximum absolute atomic E-state index is 12.2. The fourth-order valence-corrected chi connectivity index (χ4v) is 1.12. The number of hydrogen-bond donors (Lipinski definition) is 0. The van der Waals surface area contributed by atoms with Crippen LogP contribution in [0.2, 0.25) is 0 Å². The zero-order valence-electron chi connectivity index (χ0n) is 9.69. The zero-order chi connectivity index (χ0) is 14.0. The predicted octanol–water partition coefficient (Wildman–Crippen LogP) is 1.66. The molecule has 0 aliphatic carbocycles. The lowest BCUT2D eigenvalue weighted by Gasteiger charge is -2.24. The van der Waals surface area contributed by atoms with Gasteiger partial charge in [0.1, 0.15) is 0 Å². The Bertz CT molecular complexity index is 258. The van der Waals surface area contributed by atoms with E-state index in [-0.39, 0.29) is 0 Å². The Kier molecular flexibility index (Phi) is 5.02. The number of nitrogens with zero attached hydrogens (tertiary/aromatic N) is 3. The van der Waals surface area contributed by atoms with Crippen LogP contribution in [0.4, 0.5) is 26.3 Å². The van der Waals surface area contributed by atoms with E-state index in [9.17, 15) is 26.3 Å². The molecule has 17 heavy (non-hydrogen) atoms. The minimum atomic E-state index is -5.53. The lowest BCUT2D eigenvalue weighted by atomic mass is 9.90. The molecule has 0 rings (SSSR count). The van der Waals surface area contributed by atoms with Crippen LogP contribution in [0.1, 0.15) is 0 Å². The largest absolute Gasteiger partial charge is 0.455 e. The topological polar surface area (TPSA) is 18.8 Å². The molecule has 0 unspecified atom stereocenters. The van der Waals surface area contributed by atoms with E-state index < -0.39 is 25.2 Å². The van der Waals surface area contributed by atoms with Crippen molar-refractivity contribution in [3.8, 4) is 0 Å². The van der Waals surface area contributed by atoms with Gasteiger partial charge in [-0.05, 0) is 28.2 Å². The molecule has 0 saturated carbocycles. The molecule has 100 valence electrons. The molecule has 0 aliphatic heterocycles. The molecule has 0 aromatic rings. The van der Waals surface area contributed by atoms with Gasteiger partial charge in [-0.1, -0.05) is 0 Å². The minimum absolute atomic E-state index is 1.14. The van der Waals surface area contributed by atoms with Gasteiger partial charge in [0.2, 0.25) is 5.71 Å². The minimum Gasteiger partial charge on any atom is -0.313 e. The van der Waals surface area contributed by atoms with Gasteiger partial charge in [-0.25, -0.2) is 0 Å². The highest BCUT2D eigenvalue weighted by Crippen LogP contribution is 2.30. The fraction of sp³-hybridized carbons (Fsp3) is 0.857. The predicted molar refractivity (Wildman–Crippen MR) is 52.7 cm³/mol. The Hall–Kier alpha value is -0.765. The Morgan fingerprint density at radius 3 is 1.29 bits per heavy atom. The average Bonchev–Trinajstić information content (AvgIpc) is 1.96. The molecule has 0 aromatic carbocycles. The van der Waals surface area contributed by atoms with Crippen molar-refractivity contribution in [2.45, 2.75) is 12.4 Å². The summed E-state index contributed by atoms with van der Waals surface area (Å²) in [6.45, 7) is 0. The highest BCUT2D eigenvalue weighted by atomic mass is 19.4. The van der Waals surface area contributed by atoms with Crippen LogP contribution in [-0.2, 0) is 0 Å². The number of hydrogen-bond acceptors (Lipinski definition) is 3. The third kappa shape index (κ3) is 4.94. The van der Waals surface area contributed by atoms with Crippen LogP contribution in [-0.4, -0.2) is 63.0 Å². The first-order chi connectivity index (χ1) is 7.37. The van der Waals surface area contributed by atoms with Crippen LogP contribution in [0, 0.1) is 0 Å². The van der Waals surface area contributed by atoms with Crippen molar-refractivity contribution in [2.75, 3.05) is 28.2 Å². The van der Waals surface area contributed by atoms with E-state index in [1.54, 1.807) is 0 Å². The smallest absolute Gasteiger partial charge is 0.313 e. The number of halogens is 6. The Balaban J connectivity index is 5.45. The van der Waals surface area contributed by atoms with Crippen LogP contribution in [0.25, 0.3) is 0 Å². The molecule has 0 aromatic heterocycles. The number of alkyl halides is 6. The third-order valence-electron chi connectivity index (χ3n) is 1.71. The molecule has 0 amide bonds. The summed E-state index contributed by atoms with van der Waals surface area (Å²) >= 11 is 0. The molecule has 0 saturated heterocycles. The van der Waals surface area contributed by atoms with Gasteiger partial charge in [0.25, 0.3) is 0 Å².